The second kappa shape index (κ2) is 8.65. The molecule has 0 unspecified atom stereocenters. The number of benzene rings is 1. The molecule has 1 aromatic heterocycles. The molecule has 4 amide bonds. The van der Waals surface area contributed by atoms with Crippen LogP contribution in [-0.4, -0.2) is 46.9 Å². The van der Waals surface area contributed by atoms with E-state index in [1.54, 1.807) is 4.90 Å². The molecule has 2 aliphatic rings. The molecule has 0 bridgehead atoms. The summed E-state index contributed by atoms with van der Waals surface area (Å²) in [5.74, 6) is -0.330. The smallest absolute Gasteiger partial charge is 0.322 e. The van der Waals surface area contributed by atoms with Gasteiger partial charge in [-0.25, -0.2) is 4.79 Å². The molecule has 2 aliphatic heterocycles. The van der Waals surface area contributed by atoms with Gasteiger partial charge in [0.05, 0.1) is 0 Å². The highest BCUT2D eigenvalue weighted by molar-refractivity contribution is 5.98. The van der Waals surface area contributed by atoms with Crippen LogP contribution in [0.5, 0.6) is 0 Å². The van der Waals surface area contributed by atoms with E-state index >= 15 is 0 Å². The molecule has 0 spiro atoms. The minimum absolute atomic E-state index is 0.125. The van der Waals surface area contributed by atoms with Crippen LogP contribution in [0.15, 0.2) is 42.5 Å². The largest absolute Gasteiger partial charge is 0.340 e. The van der Waals surface area contributed by atoms with Crippen molar-refractivity contribution in [2.24, 2.45) is 0 Å². The molecule has 7 heteroatoms. The monoisotopic (exact) mass is 406 g/mol. The van der Waals surface area contributed by atoms with E-state index < -0.39 is 12.1 Å². The van der Waals surface area contributed by atoms with E-state index in [2.05, 4.69) is 34.9 Å². The van der Waals surface area contributed by atoms with Gasteiger partial charge >= 0.3 is 6.03 Å². The summed E-state index contributed by atoms with van der Waals surface area (Å²) in [6.07, 6.45) is 2.32. The molecule has 0 radical (unpaired) electrons. The molecule has 2 saturated heterocycles. The first-order chi connectivity index (χ1) is 14.5. The molecular weight excluding hydrogens is 380 g/mol. The summed E-state index contributed by atoms with van der Waals surface area (Å²) in [7, 11) is 0. The number of urea groups is 1. The molecule has 1 aromatic carbocycles. The van der Waals surface area contributed by atoms with Gasteiger partial charge in [-0.05, 0) is 49.4 Å². The van der Waals surface area contributed by atoms with Gasteiger partial charge in [0.15, 0.2) is 0 Å². The molecule has 30 heavy (non-hydrogen) atoms. The van der Waals surface area contributed by atoms with Crippen molar-refractivity contribution < 1.29 is 14.4 Å². The summed E-state index contributed by atoms with van der Waals surface area (Å²) in [5, 5.41) is 4.85. The van der Waals surface area contributed by atoms with Crippen LogP contribution in [0.2, 0.25) is 0 Å². The number of aromatic nitrogens is 1. The van der Waals surface area contributed by atoms with Crippen molar-refractivity contribution in [1.29, 1.82) is 0 Å². The molecule has 7 nitrogen and oxygen atoms in total. The van der Waals surface area contributed by atoms with Crippen LogP contribution < -0.4 is 10.6 Å². The molecule has 156 valence electrons. The van der Waals surface area contributed by atoms with Gasteiger partial charge in [-0.15, -0.1) is 0 Å². The van der Waals surface area contributed by atoms with E-state index in [0.29, 0.717) is 19.5 Å². The number of pyridine rings is 1. The Balaban J connectivity index is 1.51. The van der Waals surface area contributed by atoms with Crippen molar-refractivity contribution in [3.8, 4) is 11.1 Å². The third-order valence-corrected chi connectivity index (χ3v) is 5.75. The molecule has 2 atom stereocenters. The summed E-state index contributed by atoms with van der Waals surface area (Å²) in [6, 6.07) is 13.1. The molecule has 0 saturated carbocycles. The fourth-order valence-electron chi connectivity index (χ4n) is 4.26. The van der Waals surface area contributed by atoms with Crippen LogP contribution in [0.3, 0.4) is 0 Å². The number of likely N-dealkylation sites (tertiary alicyclic amines) is 1. The second-order valence-corrected chi connectivity index (χ2v) is 8.02. The molecule has 2 fully saturated rings. The number of piperidine rings is 1. The fourth-order valence-corrected chi connectivity index (χ4v) is 4.26. The van der Waals surface area contributed by atoms with Crippen LogP contribution in [0.4, 0.5) is 4.79 Å². The third kappa shape index (κ3) is 4.50. The lowest BCUT2D eigenvalue weighted by atomic mass is 9.91. The van der Waals surface area contributed by atoms with E-state index in [4.69, 9.17) is 4.98 Å². The van der Waals surface area contributed by atoms with Gasteiger partial charge in [0, 0.05) is 36.8 Å². The summed E-state index contributed by atoms with van der Waals surface area (Å²) in [6.45, 7) is 3.21. The van der Waals surface area contributed by atoms with E-state index in [9.17, 15) is 14.4 Å². The normalized spacial score (nSPS) is 22.1. The number of hydrogen-bond donors (Lipinski definition) is 2. The minimum atomic E-state index is -0.666. The number of rotatable bonds is 3. The Morgan fingerprint density at radius 1 is 1.10 bits per heavy atom. The molecule has 0 aliphatic carbocycles. The average molecular weight is 406 g/mol. The molecule has 4 rings (SSSR count). The molecule has 3 heterocycles. The maximum absolute atomic E-state index is 13.0. The molecule has 2 N–H and O–H groups in total. The van der Waals surface area contributed by atoms with Gasteiger partial charge in [0.2, 0.25) is 11.8 Å². The van der Waals surface area contributed by atoms with E-state index in [1.807, 2.05) is 25.1 Å². The van der Waals surface area contributed by atoms with Crippen molar-refractivity contribution in [3.63, 3.8) is 0 Å². The van der Waals surface area contributed by atoms with Gasteiger partial charge in [-0.2, -0.15) is 0 Å². The standard InChI is InChI=1S/C23H26N4O3/c1-15-12-18(16-6-3-2-4-7-16)13-20(24-15)17-8-5-11-27(14-17)22(29)19-9-10-21(28)26-23(30)25-19/h2-4,6-7,12-13,17,19H,5,8-11,14H2,1H3,(H2,25,26,28,30)/t17-,19+/m0/s1. The summed E-state index contributed by atoms with van der Waals surface area (Å²) < 4.78 is 0. The Morgan fingerprint density at radius 2 is 1.90 bits per heavy atom. The summed E-state index contributed by atoms with van der Waals surface area (Å²) >= 11 is 0. The number of nitrogens with zero attached hydrogens (tertiary/aromatic N) is 2. The topological polar surface area (TPSA) is 91.4 Å². The number of nitrogens with one attached hydrogen (secondary N) is 2. The lowest BCUT2D eigenvalue weighted by molar-refractivity contribution is -0.134. The first-order valence-corrected chi connectivity index (χ1v) is 10.4. The van der Waals surface area contributed by atoms with Gasteiger partial charge < -0.3 is 10.2 Å². The van der Waals surface area contributed by atoms with Gasteiger partial charge in [0.1, 0.15) is 6.04 Å². The Hall–Kier alpha value is -3.22. The van der Waals surface area contributed by atoms with Crippen LogP contribution in [0.25, 0.3) is 11.1 Å². The predicted octanol–water partition coefficient (Wildman–Crippen LogP) is 2.75. The number of carbonyl (C=O) groups is 3. The number of aryl methyl sites for hydroxylation is 1. The molecular formula is C23H26N4O3. The highest BCUT2D eigenvalue weighted by Gasteiger charge is 2.33. The van der Waals surface area contributed by atoms with Gasteiger partial charge in [0.25, 0.3) is 0 Å². The maximum atomic E-state index is 13.0. The zero-order valence-corrected chi connectivity index (χ0v) is 17.1. The Kier molecular flexibility index (Phi) is 5.79. The number of imide groups is 1. The van der Waals surface area contributed by atoms with Gasteiger partial charge in [-0.3, -0.25) is 19.9 Å². The highest BCUT2D eigenvalue weighted by atomic mass is 16.2. The Labute approximate surface area is 175 Å². The van der Waals surface area contributed by atoms with E-state index in [0.717, 1.165) is 35.4 Å². The summed E-state index contributed by atoms with van der Waals surface area (Å²) in [5.41, 5.74) is 4.22. The first kappa shape index (κ1) is 20.1. The second-order valence-electron chi connectivity index (χ2n) is 8.02. The number of hydrogen-bond acceptors (Lipinski definition) is 4. The van der Waals surface area contributed by atoms with Crippen molar-refractivity contribution in [2.45, 2.75) is 44.6 Å². The summed E-state index contributed by atoms with van der Waals surface area (Å²) in [4.78, 5) is 42.9. The number of carbonyl (C=O) groups excluding carboxylic acids is 3. The zero-order chi connectivity index (χ0) is 21.1. The van der Waals surface area contributed by atoms with Crippen molar-refractivity contribution in [2.75, 3.05) is 13.1 Å². The lowest BCUT2D eigenvalue weighted by Gasteiger charge is -2.34. The van der Waals surface area contributed by atoms with Crippen molar-refractivity contribution in [1.82, 2.24) is 20.5 Å². The highest BCUT2D eigenvalue weighted by Crippen LogP contribution is 2.30. The van der Waals surface area contributed by atoms with Crippen LogP contribution in [0.1, 0.15) is 43.0 Å². The lowest BCUT2D eigenvalue weighted by Crippen LogP contribution is -2.51. The predicted molar refractivity (Wildman–Crippen MR) is 113 cm³/mol. The van der Waals surface area contributed by atoms with E-state index in [-0.39, 0.29) is 24.2 Å². The third-order valence-electron chi connectivity index (χ3n) is 5.75. The van der Waals surface area contributed by atoms with Gasteiger partial charge in [-0.1, -0.05) is 30.3 Å². The average Bonchev–Trinajstić information content (AvgIpc) is 2.93. The Morgan fingerprint density at radius 3 is 2.70 bits per heavy atom. The molecule has 2 aromatic rings. The Bertz CT molecular complexity index is 960. The van der Waals surface area contributed by atoms with Crippen molar-refractivity contribution >= 4 is 17.8 Å². The number of amides is 4. The minimum Gasteiger partial charge on any atom is -0.340 e. The SMILES string of the molecule is Cc1cc(-c2ccccc2)cc([C@H]2CCCN(C(=O)[C@H]3CCC(=O)NC(=O)N3)C2)n1. The zero-order valence-electron chi connectivity index (χ0n) is 17.1. The van der Waals surface area contributed by atoms with Crippen molar-refractivity contribution in [3.05, 3.63) is 53.9 Å². The first-order valence-electron chi connectivity index (χ1n) is 10.4. The van der Waals surface area contributed by atoms with E-state index in [1.165, 1.54) is 0 Å². The van der Waals surface area contributed by atoms with Crippen LogP contribution >= 0.6 is 0 Å². The quantitative estimate of drug-likeness (QED) is 0.820. The fraction of sp³-hybridized carbons (Fsp3) is 0.391. The van der Waals surface area contributed by atoms with Crippen LogP contribution in [0, 0.1) is 6.92 Å². The maximum Gasteiger partial charge on any atom is 0.322 e. The van der Waals surface area contributed by atoms with Crippen LogP contribution in [-0.2, 0) is 9.59 Å².